The van der Waals surface area contributed by atoms with Crippen molar-refractivity contribution in [3.63, 3.8) is 0 Å². The molecule has 1 fully saturated rings. The van der Waals surface area contributed by atoms with Gasteiger partial charge in [0, 0.05) is 13.1 Å². The minimum atomic E-state index is -0.543. The Kier molecular flexibility index (Phi) is 7.83. The molecule has 1 aliphatic rings. The second-order valence-corrected chi connectivity index (χ2v) is 5.89. The summed E-state index contributed by atoms with van der Waals surface area (Å²) in [6.45, 7) is 4.14. The van der Waals surface area contributed by atoms with Crippen LogP contribution in [0.15, 0.2) is 21.8 Å². The van der Waals surface area contributed by atoms with Crippen molar-refractivity contribution in [3.8, 4) is 0 Å². The number of rotatable bonds is 5. The lowest BCUT2D eigenvalue weighted by Crippen LogP contribution is -2.46. The molecule has 0 saturated heterocycles. The Morgan fingerprint density at radius 2 is 2.15 bits per heavy atom. The maximum atomic E-state index is 10.3. The van der Waals surface area contributed by atoms with Gasteiger partial charge in [-0.2, -0.15) is 11.3 Å². The highest BCUT2D eigenvalue weighted by atomic mass is 127. The van der Waals surface area contributed by atoms with Crippen LogP contribution in [0.25, 0.3) is 0 Å². The van der Waals surface area contributed by atoms with Crippen LogP contribution >= 0.6 is 35.3 Å². The second-order valence-electron chi connectivity index (χ2n) is 5.11. The minimum Gasteiger partial charge on any atom is -0.388 e. The van der Waals surface area contributed by atoms with E-state index in [1.54, 1.807) is 11.3 Å². The summed E-state index contributed by atoms with van der Waals surface area (Å²) in [5.74, 6) is 0.786. The summed E-state index contributed by atoms with van der Waals surface area (Å²) in [5.41, 5.74) is 0.681. The third-order valence-electron chi connectivity index (χ3n) is 3.46. The zero-order valence-corrected chi connectivity index (χ0v) is 15.0. The fraction of sp³-hybridized carbons (Fsp3) is 0.643. The van der Waals surface area contributed by atoms with Gasteiger partial charge in [-0.1, -0.05) is 12.8 Å². The molecule has 1 saturated carbocycles. The fourth-order valence-corrected chi connectivity index (χ4v) is 3.01. The molecule has 0 atom stereocenters. The highest BCUT2D eigenvalue weighted by Crippen LogP contribution is 2.28. The number of guanidine groups is 1. The first kappa shape index (κ1) is 17.7. The summed E-state index contributed by atoms with van der Waals surface area (Å²) < 4.78 is 0. The van der Waals surface area contributed by atoms with Gasteiger partial charge in [0.25, 0.3) is 0 Å². The lowest BCUT2D eigenvalue weighted by atomic mass is 10.0. The van der Waals surface area contributed by atoms with Gasteiger partial charge >= 0.3 is 0 Å². The molecule has 6 heteroatoms. The molecule has 114 valence electrons. The summed E-state index contributed by atoms with van der Waals surface area (Å²) in [5, 5.41) is 21.0. The number of halogens is 1. The van der Waals surface area contributed by atoms with E-state index in [-0.39, 0.29) is 24.0 Å². The van der Waals surface area contributed by atoms with E-state index in [2.05, 4.69) is 32.5 Å². The average Bonchev–Trinajstić information content (AvgIpc) is 3.05. The number of nitrogens with one attached hydrogen (secondary N) is 2. The van der Waals surface area contributed by atoms with Gasteiger partial charge in [0.1, 0.15) is 0 Å². The Hall–Kier alpha value is -0.340. The van der Waals surface area contributed by atoms with Crippen LogP contribution in [0.1, 0.15) is 38.2 Å². The number of aliphatic hydroxyl groups is 1. The Balaban J connectivity index is 0.00000200. The summed E-state index contributed by atoms with van der Waals surface area (Å²) in [6, 6.07) is 2.09. The van der Waals surface area contributed by atoms with Gasteiger partial charge in [-0.3, -0.25) is 0 Å². The van der Waals surface area contributed by atoms with Crippen LogP contribution in [0.2, 0.25) is 0 Å². The van der Waals surface area contributed by atoms with Gasteiger partial charge in [0.2, 0.25) is 0 Å². The zero-order valence-electron chi connectivity index (χ0n) is 11.9. The van der Waals surface area contributed by atoms with E-state index in [1.165, 1.54) is 5.56 Å². The highest BCUT2D eigenvalue weighted by Gasteiger charge is 2.30. The van der Waals surface area contributed by atoms with Gasteiger partial charge < -0.3 is 15.7 Å². The van der Waals surface area contributed by atoms with E-state index in [1.807, 2.05) is 6.92 Å². The third kappa shape index (κ3) is 5.57. The normalized spacial score (nSPS) is 17.6. The van der Waals surface area contributed by atoms with Gasteiger partial charge in [0.15, 0.2) is 5.96 Å². The number of hydrogen-bond donors (Lipinski definition) is 3. The Bertz CT molecular complexity index is 403. The van der Waals surface area contributed by atoms with Gasteiger partial charge in [-0.05, 0) is 42.2 Å². The van der Waals surface area contributed by atoms with Crippen LogP contribution in [0.5, 0.6) is 0 Å². The molecule has 1 aromatic heterocycles. The molecule has 1 heterocycles. The van der Waals surface area contributed by atoms with Crippen molar-refractivity contribution in [1.29, 1.82) is 0 Å². The molecule has 20 heavy (non-hydrogen) atoms. The van der Waals surface area contributed by atoms with E-state index < -0.39 is 5.60 Å². The van der Waals surface area contributed by atoms with E-state index in [0.29, 0.717) is 13.1 Å². The van der Waals surface area contributed by atoms with Crippen LogP contribution in [0.4, 0.5) is 0 Å². The maximum Gasteiger partial charge on any atom is 0.191 e. The number of nitrogens with zero attached hydrogens (tertiary/aromatic N) is 1. The minimum absolute atomic E-state index is 0. The monoisotopic (exact) mass is 409 g/mol. The van der Waals surface area contributed by atoms with Gasteiger partial charge in [-0.15, -0.1) is 24.0 Å². The average molecular weight is 409 g/mol. The first-order valence-corrected chi connectivity index (χ1v) is 7.92. The van der Waals surface area contributed by atoms with Gasteiger partial charge in [0.05, 0.1) is 12.1 Å². The molecule has 0 radical (unpaired) electrons. The number of thiophene rings is 1. The standard InChI is InChI=1S/C14H23N3OS.HI/c1-2-15-13(16-9-12-5-8-19-10-12)17-11-14(18)6-3-4-7-14;/h5,8,10,18H,2-4,6-7,9,11H2,1H3,(H2,15,16,17);1H. The van der Waals surface area contributed by atoms with Crippen LogP contribution in [-0.4, -0.2) is 29.8 Å². The van der Waals surface area contributed by atoms with E-state index >= 15 is 0 Å². The lowest BCUT2D eigenvalue weighted by molar-refractivity contribution is 0.0522. The first-order chi connectivity index (χ1) is 9.22. The van der Waals surface area contributed by atoms with E-state index in [4.69, 9.17) is 0 Å². The molecule has 0 amide bonds. The third-order valence-corrected chi connectivity index (χ3v) is 4.20. The topological polar surface area (TPSA) is 56.7 Å². The van der Waals surface area contributed by atoms with Crippen molar-refractivity contribution in [1.82, 2.24) is 10.6 Å². The Morgan fingerprint density at radius 3 is 2.75 bits per heavy atom. The molecule has 1 aliphatic carbocycles. The fourth-order valence-electron chi connectivity index (χ4n) is 2.35. The van der Waals surface area contributed by atoms with E-state index in [9.17, 15) is 5.11 Å². The quantitative estimate of drug-likeness (QED) is 0.398. The van der Waals surface area contributed by atoms with Crippen molar-refractivity contribution in [2.45, 2.75) is 44.8 Å². The summed E-state index contributed by atoms with van der Waals surface area (Å²) in [6.07, 6.45) is 4.04. The zero-order chi connectivity index (χ0) is 13.6. The molecule has 4 nitrogen and oxygen atoms in total. The Morgan fingerprint density at radius 1 is 1.40 bits per heavy atom. The largest absolute Gasteiger partial charge is 0.388 e. The molecule has 2 rings (SSSR count). The van der Waals surface area contributed by atoms with Crippen LogP contribution < -0.4 is 10.6 Å². The molecule has 1 aromatic rings. The SMILES string of the molecule is CCNC(=NCc1ccsc1)NCC1(O)CCCC1.I. The van der Waals surface area contributed by atoms with Crippen molar-refractivity contribution in [2.75, 3.05) is 13.1 Å². The van der Waals surface area contributed by atoms with E-state index in [0.717, 1.165) is 38.2 Å². The molecule has 0 aromatic carbocycles. The molecular formula is C14H24IN3OS. The number of aliphatic imine (C=N–C) groups is 1. The summed E-state index contributed by atoms with van der Waals surface area (Å²) >= 11 is 1.69. The molecule has 0 unspecified atom stereocenters. The highest BCUT2D eigenvalue weighted by molar-refractivity contribution is 14.0. The number of hydrogen-bond acceptors (Lipinski definition) is 3. The van der Waals surface area contributed by atoms with Crippen LogP contribution in [0.3, 0.4) is 0 Å². The molecule has 0 spiro atoms. The molecular weight excluding hydrogens is 385 g/mol. The maximum absolute atomic E-state index is 10.3. The van der Waals surface area contributed by atoms with Gasteiger partial charge in [-0.25, -0.2) is 4.99 Å². The molecule has 0 bridgehead atoms. The summed E-state index contributed by atoms with van der Waals surface area (Å²) in [7, 11) is 0. The van der Waals surface area contributed by atoms with Crippen molar-refractivity contribution in [3.05, 3.63) is 22.4 Å². The smallest absolute Gasteiger partial charge is 0.191 e. The van der Waals surface area contributed by atoms with Crippen molar-refractivity contribution < 1.29 is 5.11 Å². The van der Waals surface area contributed by atoms with Crippen molar-refractivity contribution in [2.24, 2.45) is 4.99 Å². The lowest BCUT2D eigenvalue weighted by Gasteiger charge is -2.23. The molecule has 0 aliphatic heterocycles. The predicted octanol–water partition coefficient (Wildman–Crippen LogP) is 2.73. The van der Waals surface area contributed by atoms with Crippen LogP contribution in [-0.2, 0) is 6.54 Å². The summed E-state index contributed by atoms with van der Waals surface area (Å²) in [4.78, 5) is 4.54. The van der Waals surface area contributed by atoms with Crippen LogP contribution in [0, 0.1) is 0 Å². The Labute approximate surface area is 142 Å². The second kappa shape index (κ2) is 8.84. The first-order valence-electron chi connectivity index (χ1n) is 6.97. The molecule has 3 N–H and O–H groups in total. The van der Waals surface area contributed by atoms with Crippen molar-refractivity contribution >= 4 is 41.3 Å². The predicted molar refractivity (Wildman–Crippen MR) is 96.0 cm³/mol.